The van der Waals surface area contributed by atoms with Crippen LogP contribution in [0.2, 0.25) is 0 Å². The third kappa shape index (κ3) is 2.94. The second-order valence-electron chi connectivity index (χ2n) is 4.15. The summed E-state index contributed by atoms with van der Waals surface area (Å²) < 4.78 is 10.8. The largest absolute Gasteiger partial charge is 0.492 e. The average Bonchev–Trinajstić information content (AvgIpc) is 2.85. The van der Waals surface area contributed by atoms with Gasteiger partial charge in [-0.2, -0.15) is 0 Å². The summed E-state index contributed by atoms with van der Waals surface area (Å²) in [6.45, 7) is 4.14. The SMILES string of the molecule is CCOc1cncc(C(NN)C2CCOC2)c1. The van der Waals surface area contributed by atoms with E-state index in [1.165, 1.54) is 0 Å². The Labute approximate surface area is 101 Å². The summed E-state index contributed by atoms with van der Waals surface area (Å²) in [5.74, 6) is 6.82. The van der Waals surface area contributed by atoms with Gasteiger partial charge in [0.1, 0.15) is 5.75 Å². The van der Waals surface area contributed by atoms with Crippen molar-refractivity contribution in [3.63, 3.8) is 0 Å². The van der Waals surface area contributed by atoms with Crippen molar-refractivity contribution >= 4 is 0 Å². The van der Waals surface area contributed by atoms with E-state index in [9.17, 15) is 0 Å². The topological polar surface area (TPSA) is 69.4 Å². The fourth-order valence-electron chi connectivity index (χ4n) is 2.17. The number of ether oxygens (including phenoxy) is 2. The van der Waals surface area contributed by atoms with Gasteiger partial charge in [0.15, 0.2) is 0 Å². The summed E-state index contributed by atoms with van der Waals surface area (Å²) in [5.41, 5.74) is 3.90. The van der Waals surface area contributed by atoms with Gasteiger partial charge in [-0.1, -0.05) is 0 Å². The van der Waals surface area contributed by atoms with Crippen molar-refractivity contribution in [1.82, 2.24) is 10.4 Å². The predicted molar refractivity (Wildman–Crippen MR) is 64.4 cm³/mol. The molecule has 1 aliphatic heterocycles. The summed E-state index contributed by atoms with van der Waals surface area (Å²) in [7, 11) is 0. The number of hydrazine groups is 1. The first-order chi connectivity index (χ1) is 8.35. The Morgan fingerprint density at radius 3 is 3.18 bits per heavy atom. The van der Waals surface area contributed by atoms with Crippen molar-refractivity contribution < 1.29 is 9.47 Å². The lowest BCUT2D eigenvalue weighted by atomic mass is 9.94. The minimum absolute atomic E-state index is 0.0745. The first-order valence-corrected chi connectivity index (χ1v) is 5.96. The van der Waals surface area contributed by atoms with E-state index in [0.29, 0.717) is 12.5 Å². The van der Waals surface area contributed by atoms with Gasteiger partial charge in [0.05, 0.1) is 25.5 Å². The second kappa shape index (κ2) is 5.95. The second-order valence-corrected chi connectivity index (χ2v) is 4.15. The Morgan fingerprint density at radius 1 is 1.65 bits per heavy atom. The average molecular weight is 237 g/mol. The molecule has 17 heavy (non-hydrogen) atoms. The zero-order valence-electron chi connectivity index (χ0n) is 10.1. The number of nitrogens with zero attached hydrogens (tertiary/aromatic N) is 1. The van der Waals surface area contributed by atoms with Gasteiger partial charge in [-0.05, 0) is 25.0 Å². The predicted octanol–water partition coefficient (Wildman–Crippen LogP) is 1.02. The van der Waals surface area contributed by atoms with Crippen LogP contribution in [0.3, 0.4) is 0 Å². The molecule has 0 radical (unpaired) electrons. The maximum atomic E-state index is 5.63. The van der Waals surface area contributed by atoms with E-state index in [0.717, 1.165) is 30.9 Å². The van der Waals surface area contributed by atoms with Gasteiger partial charge >= 0.3 is 0 Å². The molecule has 5 heteroatoms. The van der Waals surface area contributed by atoms with Crippen LogP contribution in [0.15, 0.2) is 18.5 Å². The number of rotatable bonds is 5. The Kier molecular flexibility index (Phi) is 4.30. The molecule has 94 valence electrons. The van der Waals surface area contributed by atoms with Crippen molar-refractivity contribution in [3.05, 3.63) is 24.0 Å². The normalized spacial score (nSPS) is 21.4. The number of pyridine rings is 1. The zero-order chi connectivity index (χ0) is 12.1. The van der Waals surface area contributed by atoms with Crippen molar-refractivity contribution in [2.24, 2.45) is 11.8 Å². The Bertz CT molecular complexity index is 353. The summed E-state index contributed by atoms with van der Waals surface area (Å²) >= 11 is 0. The maximum absolute atomic E-state index is 5.63. The molecule has 0 saturated carbocycles. The molecule has 5 nitrogen and oxygen atoms in total. The standard InChI is InChI=1S/C12H19N3O2/c1-2-17-11-5-10(6-14-7-11)12(15-13)9-3-4-16-8-9/h5-7,9,12,15H,2-4,8,13H2,1H3. The molecule has 1 fully saturated rings. The minimum atomic E-state index is 0.0745. The van der Waals surface area contributed by atoms with Crippen LogP contribution in [-0.2, 0) is 4.74 Å². The molecule has 0 aromatic carbocycles. The minimum Gasteiger partial charge on any atom is -0.492 e. The van der Waals surface area contributed by atoms with Crippen LogP contribution in [0, 0.1) is 5.92 Å². The summed E-state index contributed by atoms with van der Waals surface area (Å²) in [4.78, 5) is 4.18. The van der Waals surface area contributed by atoms with Crippen LogP contribution in [0.4, 0.5) is 0 Å². The van der Waals surface area contributed by atoms with Crippen molar-refractivity contribution in [2.45, 2.75) is 19.4 Å². The molecule has 0 bridgehead atoms. The maximum Gasteiger partial charge on any atom is 0.137 e. The molecule has 2 unspecified atom stereocenters. The monoisotopic (exact) mass is 237 g/mol. The van der Waals surface area contributed by atoms with Crippen LogP contribution < -0.4 is 16.0 Å². The zero-order valence-corrected chi connectivity index (χ0v) is 10.1. The number of nitrogens with two attached hydrogens (primary N) is 1. The number of hydrogen-bond donors (Lipinski definition) is 2. The number of aromatic nitrogens is 1. The number of hydrogen-bond acceptors (Lipinski definition) is 5. The van der Waals surface area contributed by atoms with E-state index in [4.69, 9.17) is 15.3 Å². The fraction of sp³-hybridized carbons (Fsp3) is 0.583. The van der Waals surface area contributed by atoms with Gasteiger partial charge in [0, 0.05) is 18.7 Å². The van der Waals surface area contributed by atoms with E-state index >= 15 is 0 Å². The van der Waals surface area contributed by atoms with E-state index in [2.05, 4.69) is 10.4 Å². The molecule has 1 aromatic heterocycles. The first kappa shape index (κ1) is 12.3. The van der Waals surface area contributed by atoms with E-state index in [1.807, 2.05) is 19.2 Å². The molecule has 3 N–H and O–H groups in total. The first-order valence-electron chi connectivity index (χ1n) is 5.96. The van der Waals surface area contributed by atoms with Crippen LogP contribution >= 0.6 is 0 Å². The summed E-state index contributed by atoms with van der Waals surface area (Å²) in [6.07, 6.45) is 4.56. The fourth-order valence-corrected chi connectivity index (χ4v) is 2.17. The highest BCUT2D eigenvalue weighted by Crippen LogP contribution is 2.29. The molecular weight excluding hydrogens is 218 g/mol. The van der Waals surface area contributed by atoms with Crippen LogP contribution in [0.5, 0.6) is 5.75 Å². The molecule has 1 saturated heterocycles. The van der Waals surface area contributed by atoms with Crippen molar-refractivity contribution in [3.8, 4) is 5.75 Å². The third-order valence-electron chi connectivity index (χ3n) is 3.02. The highest BCUT2D eigenvalue weighted by molar-refractivity contribution is 5.26. The highest BCUT2D eigenvalue weighted by atomic mass is 16.5. The lowest BCUT2D eigenvalue weighted by Crippen LogP contribution is -2.34. The molecule has 2 rings (SSSR count). The van der Waals surface area contributed by atoms with Gasteiger partial charge in [-0.3, -0.25) is 16.3 Å². The Balaban J connectivity index is 2.14. The Morgan fingerprint density at radius 2 is 2.53 bits per heavy atom. The van der Waals surface area contributed by atoms with E-state index < -0.39 is 0 Å². The highest BCUT2D eigenvalue weighted by Gasteiger charge is 2.26. The molecule has 0 amide bonds. The van der Waals surface area contributed by atoms with Gasteiger partial charge in [-0.25, -0.2) is 0 Å². The van der Waals surface area contributed by atoms with Gasteiger partial charge in [0.25, 0.3) is 0 Å². The van der Waals surface area contributed by atoms with Gasteiger partial charge in [0.2, 0.25) is 0 Å². The molecule has 2 atom stereocenters. The van der Waals surface area contributed by atoms with E-state index in [-0.39, 0.29) is 6.04 Å². The van der Waals surface area contributed by atoms with Crippen molar-refractivity contribution in [1.29, 1.82) is 0 Å². The smallest absolute Gasteiger partial charge is 0.137 e. The van der Waals surface area contributed by atoms with Crippen LogP contribution in [-0.4, -0.2) is 24.8 Å². The third-order valence-corrected chi connectivity index (χ3v) is 3.02. The van der Waals surface area contributed by atoms with Gasteiger partial charge in [-0.15, -0.1) is 0 Å². The lowest BCUT2D eigenvalue weighted by Gasteiger charge is -2.21. The van der Waals surface area contributed by atoms with Crippen LogP contribution in [0.1, 0.15) is 24.9 Å². The van der Waals surface area contributed by atoms with E-state index in [1.54, 1.807) is 6.20 Å². The Hall–Kier alpha value is -1.17. The summed E-state index contributed by atoms with van der Waals surface area (Å²) in [6, 6.07) is 2.06. The molecule has 2 heterocycles. The summed E-state index contributed by atoms with van der Waals surface area (Å²) in [5, 5.41) is 0. The number of nitrogens with one attached hydrogen (secondary N) is 1. The molecule has 0 spiro atoms. The molecule has 1 aromatic rings. The van der Waals surface area contributed by atoms with Crippen molar-refractivity contribution in [2.75, 3.05) is 19.8 Å². The molecular formula is C12H19N3O2. The quantitative estimate of drug-likeness (QED) is 0.591. The lowest BCUT2D eigenvalue weighted by molar-refractivity contribution is 0.176. The van der Waals surface area contributed by atoms with Gasteiger partial charge < -0.3 is 9.47 Å². The molecule has 0 aliphatic carbocycles. The molecule has 1 aliphatic rings. The van der Waals surface area contributed by atoms with Crippen LogP contribution in [0.25, 0.3) is 0 Å².